The van der Waals surface area contributed by atoms with Gasteiger partial charge in [-0.15, -0.1) is 0 Å². The molecule has 0 saturated heterocycles. The zero-order valence-electron chi connectivity index (χ0n) is 13.5. The van der Waals surface area contributed by atoms with E-state index in [2.05, 4.69) is 10.6 Å². The van der Waals surface area contributed by atoms with Gasteiger partial charge in [-0.2, -0.15) is 0 Å². The molecule has 0 saturated carbocycles. The average molecular weight is 312 g/mol. The third-order valence-electron chi connectivity index (χ3n) is 3.48. The number of carbonyl (C=O) groups excluding carboxylic acids is 2. The van der Waals surface area contributed by atoms with Gasteiger partial charge in [0.1, 0.15) is 5.75 Å². The number of aryl methyl sites for hydroxylation is 1. The van der Waals surface area contributed by atoms with Crippen molar-refractivity contribution in [1.29, 1.82) is 0 Å². The Morgan fingerprint density at radius 2 is 1.61 bits per heavy atom. The lowest BCUT2D eigenvalue weighted by atomic mass is 10.1. The van der Waals surface area contributed by atoms with Crippen molar-refractivity contribution >= 4 is 23.2 Å². The van der Waals surface area contributed by atoms with Crippen LogP contribution in [0.15, 0.2) is 42.5 Å². The standard InChI is InChI=1S/C18H20N2O3/c1-4-23-15-10-8-14(9-11-15)19-17(21)18(22)20-16-7-5-6-12(2)13(16)3/h5-11H,4H2,1-3H3,(H,19,21)(H,20,22). The number of carbonyl (C=O) groups is 2. The van der Waals surface area contributed by atoms with Crippen LogP contribution in [0.2, 0.25) is 0 Å². The van der Waals surface area contributed by atoms with Gasteiger partial charge in [-0.1, -0.05) is 12.1 Å². The summed E-state index contributed by atoms with van der Waals surface area (Å²) in [6.07, 6.45) is 0. The molecule has 0 aliphatic rings. The molecule has 0 fully saturated rings. The Balaban J connectivity index is 1.99. The van der Waals surface area contributed by atoms with Crippen molar-refractivity contribution in [1.82, 2.24) is 0 Å². The minimum Gasteiger partial charge on any atom is -0.494 e. The summed E-state index contributed by atoms with van der Waals surface area (Å²) in [5.74, 6) is -0.701. The van der Waals surface area contributed by atoms with Crippen molar-refractivity contribution in [3.8, 4) is 5.75 Å². The molecule has 0 heterocycles. The largest absolute Gasteiger partial charge is 0.494 e. The first kappa shape index (κ1) is 16.5. The van der Waals surface area contributed by atoms with Crippen LogP contribution in [0.25, 0.3) is 0 Å². The Hall–Kier alpha value is -2.82. The summed E-state index contributed by atoms with van der Waals surface area (Å²) in [5.41, 5.74) is 3.16. The first-order valence-corrected chi connectivity index (χ1v) is 7.42. The zero-order valence-corrected chi connectivity index (χ0v) is 13.5. The van der Waals surface area contributed by atoms with Crippen LogP contribution in [0.4, 0.5) is 11.4 Å². The van der Waals surface area contributed by atoms with Crippen molar-refractivity contribution in [3.05, 3.63) is 53.6 Å². The summed E-state index contributed by atoms with van der Waals surface area (Å²) in [4.78, 5) is 24.0. The van der Waals surface area contributed by atoms with Crippen LogP contribution >= 0.6 is 0 Å². The molecular formula is C18H20N2O3. The molecule has 2 N–H and O–H groups in total. The van der Waals surface area contributed by atoms with Crippen molar-refractivity contribution in [3.63, 3.8) is 0 Å². The first-order valence-electron chi connectivity index (χ1n) is 7.42. The number of hydrogen-bond acceptors (Lipinski definition) is 3. The molecule has 2 aromatic carbocycles. The van der Waals surface area contributed by atoms with Crippen LogP contribution < -0.4 is 15.4 Å². The second kappa shape index (κ2) is 7.45. The van der Waals surface area contributed by atoms with Gasteiger partial charge in [0.05, 0.1) is 6.61 Å². The maximum absolute atomic E-state index is 12.0. The summed E-state index contributed by atoms with van der Waals surface area (Å²) in [7, 11) is 0. The van der Waals surface area contributed by atoms with Crippen LogP contribution in [0, 0.1) is 13.8 Å². The Bertz CT molecular complexity index is 709. The van der Waals surface area contributed by atoms with Gasteiger partial charge in [0.2, 0.25) is 0 Å². The smallest absolute Gasteiger partial charge is 0.314 e. The molecule has 0 spiro atoms. The highest BCUT2D eigenvalue weighted by Gasteiger charge is 2.15. The molecule has 5 heteroatoms. The van der Waals surface area contributed by atoms with Crippen LogP contribution in [0.1, 0.15) is 18.1 Å². The van der Waals surface area contributed by atoms with Crippen LogP contribution in [0.3, 0.4) is 0 Å². The fourth-order valence-corrected chi connectivity index (χ4v) is 2.05. The van der Waals surface area contributed by atoms with E-state index in [0.29, 0.717) is 23.7 Å². The number of benzene rings is 2. The highest BCUT2D eigenvalue weighted by molar-refractivity contribution is 6.43. The first-order chi connectivity index (χ1) is 11.0. The second-order valence-electron chi connectivity index (χ2n) is 5.11. The molecule has 0 bridgehead atoms. The molecule has 0 aliphatic carbocycles. The van der Waals surface area contributed by atoms with Gasteiger partial charge < -0.3 is 15.4 Å². The summed E-state index contributed by atoms with van der Waals surface area (Å²) in [6.45, 7) is 6.32. The van der Waals surface area contributed by atoms with Crippen LogP contribution in [0.5, 0.6) is 5.75 Å². The van der Waals surface area contributed by atoms with E-state index in [1.165, 1.54) is 0 Å². The number of anilines is 2. The quantitative estimate of drug-likeness (QED) is 0.851. The van der Waals surface area contributed by atoms with Crippen LogP contribution in [-0.2, 0) is 9.59 Å². The van der Waals surface area contributed by atoms with E-state index in [9.17, 15) is 9.59 Å². The Labute approximate surface area is 135 Å². The third-order valence-corrected chi connectivity index (χ3v) is 3.48. The lowest BCUT2D eigenvalue weighted by molar-refractivity contribution is -0.133. The Morgan fingerprint density at radius 3 is 2.26 bits per heavy atom. The van der Waals surface area contributed by atoms with E-state index in [0.717, 1.165) is 11.1 Å². The lowest BCUT2D eigenvalue weighted by Crippen LogP contribution is -2.29. The predicted octanol–water partition coefficient (Wildman–Crippen LogP) is 3.28. The van der Waals surface area contributed by atoms with Gasteiger partial charge in [-0.05, 0) is 62.2 Å². The molecule has 5 nitrogen and oxygen atoms in total. The molecule has 0 aromatic heterocycles. The fourth-order valence-electron chi connectivity index (χ4n) is 2.05. The molecule has 2 rings (SSSR count). The average Bonchev–Trinajstić information content (AvgIpc) is 2.54. The van der Waals surface area contributed by atoms with Gasteiger partial charge in [0, 0.05) is 11.4 Å². The molecule has 2 amide bonds. The Morgan fingerprint density at radius 1 is 0.957 bits per heavy atom. The maximum Gasteiger partial charge on any atom is 0.314 e. The van der Waals surface area contributed by atoms with E-state index in [1.54, 1.807) is 30.3 Å². The highest BCUT2D eigenvalue weighted by atomic mass is 16.5. The van der Waals surface area contributed by atoms with Gasteiger partial charge in [0.15, 0.2) is 0 Å². The van der Waals surface area contributed by atoms with E-state index < -0.39 is 11.8 Å². The number of rotatable bonds is 4. The predicted molar refractivity (Wildman–Crippen MR) is 90.8 cm³/mol. The number of amides is 2. The number of nitrogens with one attached hydrogen (secondary N) is 2. The van der Waals surface area contributed by atoms with Crippen LogP contribution in [-0.4, -0.2) is 18.4 Å². The van der Waals surface area contributed by atoms with E-state index in [1.807, 2.05) is 32.9 Å². The van der Waals surface area contributed by atoms with Crippen molar-refractivity contribution in [2.24, 2.45) is 0 Å². The third kappa shape index (κ3) is 4.32. The van der Waals surface area contributed by atoms with Crippen molar-refractivity contribution < 1.29 is 14.3 Å². The molecule has 0 atom stereocenters. The molecule has 0 unspecified atom stereocenters. The minimum atomic E-state index is -0.713. The summed E-state index contributed by atoms with van der Waals surface area (Å²) in [6, 6.07) is 12.4. The van der Waals surface area contributed by atoms with E-state index in [4.69, 9.17) is 4.74 Å². The monoisotopic (exact) mass is 312 g/mol. The molecular weight excluding hydrogens is 292 g/mol. The van der Waals surface area contributed by atoms with Crippen molar-refractivity contribution in [2.75, 3.05) is 17.2 Å². The molecule has 0 radical (unpaired) electrons. The molecule has 120 valence electrons. The highest BCUT2D eigenvalue weighted by Crippen LogP contribution is 2.18. The maximum atomic E-state index is 12.0. The number of ether oxygens (including phenoxy) is 1. The topological polar surface area (TPSA) is 67.4 Å². The summed E-state index contributed by atoms with van der Waals surface area (Å²) in [5, 5.41) is 5.19. The SMILES string of the molecule is CCOc1ccc(NC(=O)C(=O)Nc2cccc(C)c2C)cc1. The summed E-state index contributed by atoms with van der Waals surface area (Å²) >= 11 is 0. The normalized spacial score (nSPS) is 10.0. The molecule has 0 aliphatic heterocycles. The van der Waals surface area contributed by atoms with E-state index >= 15 is 0 Å². The fraction of sp³-hybridized carbons (Fsp3) is 0.222. The van der Waals surface area contributed by atoms with Gasteiger partial charge >= 0.3 is 11.8 Å². The Kier molecular flexibility index (Phi) is 5.36. The number of hydrogen-bond donors (Lipinski definition) is 2. The second-order valence-corrected chi connectivity index (χ2v) is 5.11. The van der Waals surface area contributed by atoms with Gasteiger partial charge in [-0.3, -0.25) is 9.59 Å². The van der Waals surface area contributed by atoms with Gasteiger partial charge in [-0.25, -0.2) is 0 Å². The van der Waals surface area contributed by atoms with Crippen molar-refractivity contribution in [2.45, 2.75) is 20.8 Å². The zero-order chi connectivity index (χ0) is 16.8. The van der Waals surface area contributed by atoms with E-state index in [-0.39, 0.29) is 0 Å². The lowest BCUT2D eigenvalue weighted by Gasteiger charge is -2.10. The minimum absolute atomic E-state index is 0.537. The molecule has 2 aromatic rings. The summed E-state index contributed by atoms with van der Waals surface area (Å²) < 4.78 is 5.32. The van der Waals surface area contributed by atoms with Gasteiger partial charge in [0.25, 0.3) is 0 Å². The molecule has 23 heavy (non-hydrogen) atoms.